The monoisotopic (exact) mass is 265 g/mol. The lowest BCUT2D eigenvalue weighted by Crippen LogP contribution is -2.50. The Kier molecular flexibility index (Phi) is 4.14. The lowest BCUT2D eigenvalue weighted by molar-refractivity contribution is -0.173. The third-order valence-electron chi connectivity index (χ3n) is 3.72. The molecular formula is C12H18F3NO2. The van der Waals surface area contributed by atoms with E-state index < -0.39 is 12.7 Å². The van der Waals surface area contributed by atoms with Gasteiger partial charge in [-0.1, -0.05) is 6.42 Å². The highest BCUT2D eigenvalue weighted by molar-refractivity contribution is 5.80. The van der Waals surface area contributed by atoms with Crippen molar-refractivity contribution in [1.82, 2.24) is 4.90 Å². The van der Waals surface area contributed by atoms with E-state index in [9.17, 15) is 18.0 Å². The zero-order valence-corrected chi connectivity index (χ0v) is 10.2. The van der Waals surface area contributed by atoms with Crippen LogP contribution in [-0.2, 0) is 9.53 Å². The molecule has 3 nitrogen and oxygen atoms in total. The summed E-state index contributed by atoms with van der Waals surface area (Å²) in [7, 11) is 0. The number of carbonyl (C=O) groups is 1. The van der Waals surface area contributed by atoms with Crippen LogP contribution in [0.5, 0.6) is 0 Å². The lowest BCUT2D eigenvalue weighted by Gasteiger charge is -2.38. The van der Waals surface area contributed by atoms with Crippen molar-refractivity contribution in [2.45, 2.75) is 44.3 Å². The van der Waals surface area contributed by atoms with Gasteiger partial charge in [-0.25, -0.2) is 0 Å². The predicted molar refractivity (Wildman–Crippen MR) is 59.0 cm³/mol. The highest BCUT2D eigenvalue weighted by Gasteiger charge is 2.40. The minimum absolute atomic E-state index is 0.185. The van der Waals surface area contributed by atoms with Crippen LogP contribution in [0.4, 0.5) is 13.2 Å². The fourth-order valence-electron chi connectivity index (χ4n) is 2.47. The molecule has 104 valence electrons. The van der Waals surface area contributed by atoms with Crippen molar-refractivity contribution in [3.8, 4) is 0 Å². The van der Waals surface area contributed by atoms with Gasteiger partial charge in [-0.3, -0.25) is 4.79 Å². The van der Waals surface area contributed by atoms with Crippen LogP contribution in [0, 0.1) is 5.92 Å². The van der Waals surface area contributed by atoms with E-state index in [0.29, 0.717) is 26.1 Å². The van der Waals surface area contributed by atoms with Gasteiger partial charge in [0.2, 0.25) is 5.91 Å². The SMILES string of the molecule is O=C(C1CCC1)N(CC(F)(F)F)C1CCOCC1. The number of nitrogens with zero attached hydrogens (tertiary/aromatic N) is 1. The number of hydrogen-bond donors (Lipinski definition) is 0. The highest BCUT2D eigenvalue weighted by Crippen LogP contribution is 2.31. The van der Waals surface area contributed by atoms with Crippen LogP contribution in [0.25, 0.3) is 0 Å². The summed E-state index contributed by atoms with van der Waals surface area (Å²) in [5.74, 6) is -0.499. The molecule has 0 bridgehead atoms. The Hall–Kier alpha value is -0.780. The predicted octanol–water partition coefficient (Wildman–Crippen LogP) is 2.36. The Bertz CT molecular complexity index is 296. The van der Waals surface area contributed by atoms with Crippen molar-refractivity contribution in [1.29, 1.82) is 0 Å². The summed E-state index contributed by atoms with van der Waals surface area (Å²) in [5.41, 5.74) is 0. The number of ether oxygens (including phenoxy) is 1. The van der Waals surface area contributed by atoms with Gasteiger partial charge < -0.3 is 9.64 Å². The largest absolute Gasteiger partial charge is 0.406 e. The summed E-state index contributed by atoms with van der Waals surface area (Å²) < 4.78 is 42.9. The number of alkyl halides is 3. The Morgan fingerprint density at radius 1 is 1.17 bits per heavy atom. The first-order chi connectivity index (χ1) is 8.47. The number of amides is 1. The first kappa shape index (κ1) is 13.6. The molecule has 0 aromatic heterocycles. The van der Waals surface area contributed by atoms with Gasteiger partial charge in [0, 0.05) is 25.2 Å². The lowest BCUT2D eigenvalue weighted by atomic mass is 9.83. The number of carbonyl (C=O) groups excluding carboxylic acids is 1. The maximum Gasteiger partial charge on any atom is 0.406 e. The van der Waals surface area contributed by atoms with Crippen molar-refractivity contribution < 1.29 is 22.7 Å². The zero-order chi connectivity index (χ0) is 13.2. The van der Waals surface area contributed by atoms with Crippen LogP contribution in [0.3, 0.4) is 0 Å². The maximum atomic E-state index is 12.6. The molecule has 0 spiro atoms. The normalized spacial score (nSPS) is 22.6. The van der Waals surface area contributed by atoms with Crippen LogP contribution in [0.15, 0.2) is 0 Å². The Morgan fingerprint density at radius 3 is 2.22 bits per heavy atom. The van der Waals surface area contributed by atoms with Crippen molar-refractivity contribution in [2.75, 3.05) is 19.8 Å². The number of rotatable bonds is 3. The van der Waals surface area contributed by atoms with Gasteiger partial charge in [-0.05, 0) is 25.7 Å². The van der Waals surface area contributed by atoms with Crippen molar-refractivity contribution in [3.63, 3.8) is 0 Å². The van der Waals surface area contributed by atoms with E-state index in [1.54, 1.807) is 0 Å². The standard InChI is InChI=1S/C12H18F3NO2/c13-12(14,15)8-16(10-4-6-18-7-5-10)11(17)9-2-1-3-9/h9-10H,1-8H2. The number of hydrogen-bond acceptors (Lipinski definition) is 2. The van der Waals surface area contributed by atoms with Crippen LogP contribution >= 0.6 is 0 Å². The maximum absolute atomic E-state index is 12.6. The van der Waals surface area contributed by atoms with Crippen molar-refractivity contribution >= 4 is 5.91 Å². The summed E-state index contributed by atoms with van der Waals surface area (Å²) >= 11 is 0. The third kappa shape index (κ3) is 3.37. The minimum Gasteiger partial charge on any atom is -0.381 e. The molecule has 1 saturated carbocycles. The van der Waals surface area contributed by atoms with Gasteiger partial charge in [-0.2, -0.15) is 13.2 Å². The summed E-state index contributed by atoms with van der Waals surface area (Å²) in [5, 5.41) is 0. The molecule has 0 aromatic carbocycles. The molecule has 0 atom stereocenters. The summed E-state index contributed by atoms with van der Waals surface area (Å²) in [6, 6.07) is -0.312. The Labute approximate surface area is 104 Å². The third-order valence-corrected chi connectivity index (χ3v) is 3.72. The van der Waals surface area contributed by atoms with E-state index in [0.717, 1.165) is 24.2 Å². The molecule has 2 rings (SSSR count). The minimum atomic E-state index is -4.32. The average molecular weight is 265 g/mol. The molecule has 0 N–H and O–H groups in total. The van der Waals surface area contributed by atoms with Crippen LogP contribution in [-0.4, -0.2) is 42.8 Å². The molecule has 1 aliphatic heterocycles. The van der Waals surface area contributed by atoms with Crippen molar-refractivity contribution in [2.24, 2.45) is 5.92 Å². The summed E-state index contributed by atoms with van der Waals surface area (Å²) in [4.78, 5) is 13.1. The van der Waals surface area contributed by atoms with E-state index in [1.165, 1.54) is 0 Å². The topological polar surface area (TPSA) is 29.5 Å². The summed E-state index contributed by atoms with van der Waals surface area (Å²) in [6.45, 7) is -0.235. The smallest absolute Gasteiger partial charge is 0.381 e. The molecule has 2 fully saturated rings. The van der Waals surface area contributed by atoms with Crippen LogP contribution < -0.4 is 0 Å². The second-order valence-corrected chi connectivity index (χ2v) is 5.05. The van der Waals surface area contributed by atoms with Crippen molar-refractivity contribution in [3.05, 3.63) is 0 Å². The first-order valence-electron chi connectivity index (χ1n) is 6.42. The molecular weight excluding hydrogens is 247 g/mol. The fourth-order valence-corrected chi connectivity index (χ4v) is 2.47. The van der Waals surface area contributed by atoms with Gasteiger partial charge in [0.1, 0.15) is 6.54 Å². The molecule has 1 aliphatic carbocycles. The van der Waals surface area contributed by atoms with Gasteiger partial charge in [0.05, 0.1) is 0 Å². The average Bonchev–Trinajstić information content (AvgIpc) is 2.23. The van der Waals surface area contributed by atoms with E-state index in [1.807, 2.05) is 0 Å². The first-order valence-corrected chi connectivity index (χ1v) is 6.42. The van der Waals surface area contributed by atoms with E-state index in [4.69, 9.17) is 4.74 Å². The molecule has 2 aliphatic rings. The second-order valence-electron chi connectivity index (χ2n) is 5.05. The molecule has 0 radical (unpaired) electrons. The molecule has 0 unspecified atom stereocenters. The Balaban J connectivity index is 2.03. The molecule has 1 saturated heterocycles. The van der Waals surface area contributed by atoms with E-state index in [-0.39, 0.29) is 17.9 Å². The molecule has 1 amide bonds. The zero-order valence-electron chi connectivity index (χ0n) is 10.2. The van der Waals surface area contributed by atoms with E-state index >= 15 is 0 Å². The molecule has 0 aromatic rings. The molecule has 6 heteroatoms. The van der Waals surface area contributed by atoms with Gasteiger partial charge in [0.25, 0.3) is 0 Å². The second kappa shape index (κ2) is 5.47. The number of halogens is 3. The van der Waals surface area contributed by atoms with Crippen LogP contribution in [0.1, 0.15) is 32.1 Å². The highest BCUT2D eigenvalue weighted by atomic mass is 19.4. The van der Waals surface area contributed by atoms with Crippen LogP contribution in [0.2, 0.25) is 0 Å². The van der Waals surface area contributed by atoms with Gasteiger partial charge in [-0.15, -0.1) is 0 Å². The van der Waals surface area contributed by atoms with Gasteiger partial charge >= 0.3 is 6.18 Å². The molecule has 18 heavy (non-hydrogen) atoms. The quantitative estimate of drug-likeness (QED) is 0.784. The fraction of sp³-hybridized carbons (Fsp3) is 0.917. The van der Waals surface area contributed by atoms with E-state index in [2.05, 4.69) is 0 Å². The molecule has 1 heterocycles. The summed E-state index contributed by atoms with van der Waals surface area (Å²) in [6.07, 6.45) is -0.891. The Morgan fingerprint density at radius 2 is 1.78 bits per heavy atom. The van der Waals surface area contributed by atoms with Gasteiger partial charge in [0.15, 0.2) is 0 Å².